The van der Waals surface area contributed by atoms with E-state index in [1.165, 1.54) is 12.1 Å². The van der Waals surface area contributed by atoms with E-state index in [-0.39, 0.29) is 17.9 Å². The van der Waals surface area contributed by atoms with Gasteiger partial charge in [0, 0.05) is 49.6 Å². The number of aliphatic imine (C=N–C) groups is 1. The van der Waals surface area contributed by atoms with Gasteiger partial charge in [-0.15, -0.1) is 0 Å². The molecule has 0 saturated carbocycles. The summed E-state index contributed by atoms with van der Waals surface area (Å²) in [6.45, 7) is 5.14. The molecule has 2 N–H and O–H groups in total. The van der Waals surface area contributed by atoms with Crippen molar-refractivity contribution >= 4 is 11.9 Å². The summed E-state index contributed by atoms with van der Waals surface area (Å²) in [4.78, 5) is 18.3. The van der Waals surface area contributed by atoms with Gasteiger partial charge in [0.15, 0.2) is 5.96 Å². The van der Waals surface area contributed by atoms with Gasteiger partial charge in [-0.1, -0.05) is 6.07 Å². The lowest BCUT2D eigenvalue weighted by Crippen LogP contribution is -2.51. The monoisotopic (exact) mass is 350 g/mol. The van der Waals surface area contributed by atoms with Crippen LogP contribution in [0.25, 0.3) is 0 Å². The van der Waals surface area contributed by atoms with Gasteiger partial charge >= 0.3 is 0 Å². The van der Waals surface area contributed by atoms with Crippen LogP contribution in [-0.2, 0) is 11.3 Å². The number of guanidine groups is 1. The van der Waals surface area contributed by atoms with Gasteiger partial charge in [0.1, 0.15) is 11.6 Å². The molecule has 2 saturated heterocycles. The van der Waals surface area contributed by atoms with Crippen molar-refractivity contribution in [2.24, 2.45) is 10.4 Å². The van der Waals surface area contributed by atoms with Crippen molar-refractivity contribution in [1.82, 2.24) is 15.5 Å². The molecular formula is C18H24F2N4O. The van der Waals surface area contributed by atoms with Crippen LogP contribution in [-0.4, -0.2) is 42.9 Å². The zero-order chi connectivity index (χ0) is 17.9. The normalized spacial score (nSPS) is 23.9. The van der Waals surface area contributed by atoms with Crippen LogP contribution in [0.2, 0.25) is 0 Å². The van der Waals surface area contributed by atoms with Crippen LogP contribution in [0.15, 0.2) is 23.2 Å². The van der Waals surface area contributed by atoms with Crippen molar-refractivity contribution in [3.05, 3.63) is 35.4 Å². The predicted molar refractivity (Wildman–Crippen MR) is 92.0 cm³/mol. The summed E-state index contributed by atoms with van der Waals surface area (Å²) in [6.07, 6.45) is 2.56. The lowest BCUT2D eigenvalue weighted by molar-refractivity contribution is -0.119. The number of halogens is 2. The van der Waals surface area contributed by atoms with Crippen LogP contribution in [0.4, 0.5) is 8.78 Å². The average molecular weight is 350 g/mol. The Balaban J connectivity index is 1.74. The van der Waals surface area contributed by atoms with E-state index in [4.69, 9.17) is 0 Å². The van der Waals surface area contributed by atoms with E-state index < -0.39 is 11.6 Å². The maximum absolute atomic E-state index is 13.8. The summed E-state index contributed by atoms with van der Waals surface area (Å²) in [5, 5.41) is 6.18. The number of rotatable bonds is 3. The number of carbonyl (C=O) groups excluding carboxylic acids is 1. The van der Waals surface area contributed by atoms with Gasteiger partial charge in [0.2, 0.25) is 5.91 Å². The largest absolute Gasteiger partial charge is 0.357 e. The van der Waals surface area contributed by atoms with E-state index in [1.807, 2.05) is 6.92 Å². The molecule has 1 aromatic carbocycles. The lowest BCUT2D eigenvalue weighted by atomic mass is 9.79. The third-order valence-corrected chi connectivity index (χ3v) is 4.91. The van der Waals surface area contributed by atoms with Gasteiger partial charge in [-0.2, -0.15) is 0 Å². The van der Waals surface area contributed by atoms with Crippen molar-refractivity contribution in [2.45, 2.75) is 32.7 Å². The van der Waals surface area contributed by atoms with Crippen molar-refractivity contribution in [2.75, 3.05) is 26.2 Å². The molecule has 136 valence electrons. The summed E-state index contributed by atoms with van der Waals surface area (Å²) in [7, 11) is 0. The fourth-order valence-electron chi connectivity index (χ4n) is 3.66. The first-order valence-corrected chi connectivity index (χ1v) is 8.75. The minimum atomic E-state index is -0.589. The second-order valence-electron chi connectivity index (χ2n) is 6.88. The Morgan fingerprint density at radius 1 is 1.44 bits per heavy atom. The molecule has 1 spiro atoms. The first-order valence-electron chi connectivity index (χ1n) is 8.75. The number of nitrogens with zero attached hydrogens (tertiary/aromatic N) is 2. The van der Waals surface area contributed by atoms with Crippen molar-refractivity contribution < 1.29 is 13.6 Å². The van der Waals surface area contributed by atoms with E-state index in [0.29, 0.717) is 31.0 Å². The van der Waals surface area contributed by atoms with Crippen molar-refractivity contribution in [1.29, 1.82) is 0 Å². The summed E-state index contributed by atoms with van der Waals surface area (Å²) < 4.78 is 26.9. The molecule has 2 fully saturated rings. The highest BCUT2D eigenvalue weighted by molar-refractivity contribution is 5.81. The van der Waals surface area contributed by atoms with E-state index >= 15 is 0 Å². The summed E-state index contributed by atoms with van der Waals surface area (Å²) in [6, 6.07) is 3.55. The quantitative estimate of drug-likeness (QED) is 0.648. The number of benzene rings is 1. The van der Waals surface area contributed by atoms with Gasteiger partial charge in [-0.3, -0.25) is 4.79 Å². The minimum Gasteiger partial charge on any atom is -0.357 e. The fraction of sp³-hybridized carbons (Fsp3) is 0.556. The Kier molecular flexibility index (Phi) is 5.20. The molecule has 2 aliphatic rings. The third kappa shape index (κ3) is 4.08. The number of nitrogens with one attached hydrogen (secondary N) is 2. The molecule has 5 nitrogen and oxygen atoms in total. The van der Waals surface area contributed by atoms with Crippen LogP contribution in [0.5, 0.6) is 0 Å². The highest BCUT2D eigenvalue weighted by atomic mass is 19.1. The Labute approximate surface area is 146 Å². The molecule has 0 aromatic heterocycles. The van der Waals surface area contributed by atoms with Crippen LogP contribution < -0.4 is 10.6 Å². The van der Waals surface area contributed by atoms with Gasteiger partial charge in [0.25, 0.3) is 0 Å². The number of amides is 1. The van der Waals surface area contributed by atoms with Crippen molar-refractivity contribution in [3.63, 3.8) is 0 Å². The Hall–Kier alpha value is -2.18. The molecule has 0 aliphatic carbocycles. The fourth-order valence-corrected chi connectivity index (χ4v) is 3.66. The molecule has 0 radical (unpaired) electrons. The predicted octanol–water partition coefficient (Wildman–Crippen LogP) is 2.03. The molecule has 1 amide bonds. The molecule has 3 rings (SSSR count). The minimum absolute atomic E-state index is 0.0351. The first kappa shape index (κ1) is 17.6. The molecule has 2 aliphatic heterocycles. The molecule has 0 bridgehead atoms. The van der Waals surface area contributed by atoms with E-state index in [0.717, 1.165) is 32.0 Å². The van der Waals surface area contributed by atoms with E-state index in [9.17, 15) is 13.6 Å². The van der Waals surface area contributed by atoms with E-state index in [2.05, 4.69) is 20.5 Å². The summed E-state index contributed by atoms with van der Waals surface area (Å²) >= 11 is 0. The highest BCUT2D eigenvalue weighted by Crippen LogP contribution is 2.36. The molecule has 1 unspecified atom stereocenters. The topological polar surface area (TPSA) is 56.7 Å². The van der Waals surface area contributed by atoms with Crippen LogP contribution in [0, 0.1) is 17.0 Å². The molecule has 2 heterocycles. The van der Waals surface area contributed by atoms with Crippen molar-refractivity contribution in [3.8, 4) is 0 Å². The van der Waals surface area contributed by atoms with Crippen LogP contribution in [0.3, 0.4) is 0 Å². The number of hydrogen-bond donors (Lipinski definition) is 2. The molecule has 7 heteroatoms. The second kappa shape index (κ2) is 7.37. The summed E-state index contributed by atoms with van der Waals surface area (Å²) in [5.41, 5.74) is 0.327. The average Bonchev–Trinajstić information content (AvgIpc) is 2.93. The standard InChI is InChI=1S/C18H24F2N4O/c1-2-21-17(22-10-13-4-5-14(19)8-15(13)20)24-7-3-6-18(12-24)9-16(25)23-11-18/h4-5,8H,2-3,6-7,9-12H2,1H3,(H,21,22)(H,23,25). The highest BCUT2D eigenvalue weighted by Gasteiger charge is 2.42. The third-order valence-electron chi connectivity index (χ3n) is 4.91. The van der Waals surface area contributed by atoms with Gasteiger partial charge in [-0.25, -0.2) is 13.8 Å². The van der Waals surface area contributed by atoms with Gasteiger partial charge in [0.05, 0.1) is 6.54 Å². The van der Waals surface area contributed by atoms with Gasteiger partial charge < -0.3 is 15.5 Å². The molecule has 1 atom stereocenters. The Morgan fingerprint density at radius 2 is 2.28 bits per heavy atom. The van der Waals surface area contributed by atoms with Crippen LogP contribution in [0.1, 0.15) is 31.7 Å². The van der Waals surface area contributed by atoms with Gasteiger partial charge in [-0.05, 0) is 25.8 Å². The smallest absolute Gasteiger partial charge is 0.220 e. The van der Waals surface area contributed by atoms with E-state index in [1.54, 1.807) is 0 Å². The second-order valence-corrected chi connectivity index (χ2v) is 6.88. The van der Waals surface area contributed by atoms with Crippen LogP contribution >= 0.6 is 0 Å². The maximum atomic E-state index is 13.8. The number of likely N-dealkylation sites (tertiary alicyclic amines) is 1. The SMILES string of the molecule is CCNC(=NCc1ccc(F)cc1F)N1CCCC2(CNC(=O)C2)C1. The number of piperidine rings is 1. The maximum Gasteiger partial charge on any atom is 0.220 e. The molecule has 25 heavy (non-hydrogen) atoms. The Morgan fingerprint density at radius 3 is 2.96 bits per heavy atom. The number of hydrogen-bond acceptors (Lipinski definition) is 2. The molecule has 1 aromatic rings. The summed E-state index contributed by atoms with van der Waals surface area (Å²) in [5.74, 6) is -0.351. The lowest BCUT2D eigenvalue weighted by Gasteiger charge is -2.40. The molecular weight excluding hydrogens is 326 g/mol. The zero-order valence-corrected chi connectivity index (χ0v) is 14.4. The first-order chi connectivity index (χ1) is 12.0. The zero-order valence-electron chi connectivity index (χ0n) is 14.4. The Bertz CT molecular complexity index is 679. The number of carbonyl (C=O) groups is 1.